The van der Waals surface area contributed by atoms with Crippen molar-refractivity contribution in [3.8, 4) is 22.6 Å². The van der Waals surface area contributed by atoms with Crippen LogP contribution in [0.15, 0.2) is 101 Å². The Bertz CT molecular complexity index is 1710. The number of halogens is 1. The highest BCUT2D eigenvalue weighted by molar-refractivity contribution is 9.10. The molecule has 0 radical (unpaired) electrons. The first-order chi connectivity index (χ1) is 19.4. The molecule has 0 saturated heterocycles. The summed E-state index contributed by atoms with van der Waals surface area (Å²) in [5, 5.41) is 5.10. The molecule has 0 aliphatic carbocycles. The monoisotopic (exact) mass is 595 g/mol. The lowest BCUT2D eigenvalue weighted by molar-refractivity contribution is 0.0728. The molecule has 4 aromatic carbocycles. The highest BCUT2D eigenvalue weighted by Gasteiger charge is 2.20. The molecule has 8 heteroatoms. The van der Waals surface area contributed by atoms with Crippen molar-refractivity contribution in [2.24, 2.45) is 5.10 Å². The van der Waals surface area contributed by atoms with Gasteiger partial charge in [-0.05, 0) is 77.3 Å². The van der Waals surface area contributed by atoms with Crippen molar-refractivity contribution in [3.63, 3.8) is 0 Å². The summed E-state index contributed by atoms with van der Waals surface area (Å²) in [6.45, 7) is 4.17. The number of aromatic amines is 1. The molecular formula is C32H26BrN3O4. The molecule has 200 valence electrons. The van der Waals surface area contributed by atoms with Crippen LogP contribution in [0, 0.1) is 6.92 Å². The molecule has 5 aromatic rings. The Balaban J connectivity index is 1.36. The molecule has 0 fully saturated rings. The number of hydrogen-bond acceptors (Lipinski definition) is 5. The molecule has 0 atom stereocenters. The van der Waals surface area contributed by atoms with E-state index >= 15 is 0 Å². The summed E-state index contributed by atoms with van der Waals surface area (Å²) < 4.78 is 12.1. The van der Waals surface area contributed by atoms with E-state index in [9.17, 15) is 9.59 Å². The Morgan fingerprint density at radius 2 is 1.73 bits per heavy atom. The molecule has 1 heterocycles. The fraction of sp³-hybridized carbons (Fsp3) is 0.0938. The number of aromatic nitrogens is 1. The number of ether oxygens (including phenoxy) is 2. The second kappa shape index (κ2) is 12.0. The van der Waals surface area contributed by atoms with Crippen LogP contribution in [0.3, 0.4) is 0 Å². The molecule has 2 N–H and O–H groups in total. The van der Waals surface area contributed by atoms with E-state index in [0.29, 0.717) is 34.9 Å². The van der Waals surface area contributed by atoms with Crippen molar-refractivity contribution in [2.45, 2.75) is 13.8 Å². The van der Waals surface area contributed by atoms with Gasteiger partial charge in [0, 0.05) is 15.4 Å². The minimum atomic E-state index is -0.478. The number of rotatable bonds is 8. The lowest BCUT2D eigenvalue weighted by atomic mass is 10.0. The summed E-state index contributed by atoms with van der Waals surface area (Å²) in [6.07, 6.45) is 1.51. The molecular weight excluding hydrogens is 570 g/mol. The third-order valence-corrected chi connectivity index (χ3v) is 6.87. The fourth-order valence-corrected chi connectivity index (χ4v) is 4.75. The number of benzene rings is 4. The average Bonchev–Trinajstić information content (AvgIpc) is 3.36. The quantitative estimate of drug-likeness (QED) is 0.0852. The number of hydrogen-bond donors (Lipinski definition) is 2. The summed E-state index contributed by atoms with van der Waals surface area (Å²) in [6, 6.07) is 27.8. The number of carbonyl (C=O) groups is 2. The standard InChI is InChI=1S/C32H26BrN3O4/c1-3-39-27-18-21(14-17-26(27)40-32(38)23-15-12-20(2)13-16-23)19-34-36-31(37)30-28(22-8-5-4-6-9-22)24-10-7-11-25(33)29(24)35-30/h4-19,35H,3H2,1-2H3,(H,36,37). The molecule has 7 nitrogen and oxygen atoms in total. The van der Waals surface area contributed by atoms with Crippen LogP contribution in [-0.4, -0.2) is 29.7 Å². The Kier molecular flexibility index (Phi) is 8.07. The zero-order chi connectivity index (χ0) is 28.1. The van der Waals surface area contributed by atoms with Crippen molar-refractivity contribution in [2.75, 3.05) is 6.61 Å². The summed E-state index contributed by atoms with van der Waals surface area (Å²) in [5.74, 6) is -0.171. The third kappa shape index (κ3) is 5.82. The molecule has 0 spiro atoms. The van der Waals surface area contributed by atoms with E-state index in [1.165, 1.54) is 6.21 Å². The van der Waals surface area contributed by atoms with Crippen LogP contribution in [0.4, 0.5) is 0 Å². The highest BCUT2D eigenvalue weighted by atomic mass is 79.9. The molecule has 1 aromatic heterocycles. The van der Waals surface area contributed by atoms with Gasteiger partial charge in [0.2, 0.25) is 0 Å². The van der Waals surface area contributed by atoms with Crippen molar-refractivity contribution in [1.29, 1.82) is 0 Å². The van der Waals surface area contributed by atoms with E-state index in [1.807, 2.05) is 74.5 Å². The Hall–Kier alpha value is -4.69. The lowest BCUT2D eigenvalue weighted by Crippen LogP contribution is -2.18. The topological polar surface area (TPSA) is 92.8 Å². The van der Waals surface area contributed by atoms with Crippen LogP contribution in [-0.2, 0) is 0 Å². The minimum absolute atomic E-state index is 0.296. The van der Waals surface area contributed by atoms with E-state index < -0.39 is 5.97 Å². The van der Waals surface area contributed by atoms with Crippen LogP contribution < -0.4 is 14.9 Å². The van der Waals surface area contributed by atoms with Crippen molar-refractivity contribution in [3.05, 3.63) is 118 Å². The molecule has 5 rings (SSSR count). The third-order valence-electron chi connectivity index (χ3n) is 6.21. The van der Waals surface area contributed by atoms with Crippen molar-refractivity contribution < 1.29 is 19.1 Å². The predicted octanol–water partition coefficient (Wildman–Crippen LogP) is 7.29. The summed E-state index contributed by atoms with van der Waals surface area (Å²) in [5.41, 5.74) is 7.71. The van der Waals surface area contributed by atoms with Gasteiger partial charge in [0.25, 0.3) is 5.91 Å². The maximum absolute atomic E-state index is 13.3. The Morgan fingerprint density at radius 1 is 0.950 bits per heavy atom. The van der Waals surface area contributed by atoms with Crippen molar-refractivity contribution >= 4 is 44.9 Å². The number of fused-ring (bicyclic) bond motifs is 1. The number of carbonyl (C=O) groups excluding carboxylic acids is 2. The number of nitrogens with one attached hydrogen (secondary N) is 2. The van der Waals surface area contributed by atoms with E-state index in [1.54, 1.807) is 30.3 Å². The van der Waals surface area contributed by atoms with E-state index in [2.05, 4.69) is 31.4 Å². The molecule has 0 bridgehead atoms. The maximum Gasteiger partial charge on any atom is 0.343 e. The highest BCUT2D eigenvalue weighted by Crippen LogP contribution is 2.35. The SMILES string of the molecule is CCOc1cc(C=NNC(=O)c2[nH]c3c(Br)cccc3c2-c2ccccc2)ccc1OC(=O)c1ccc(C)cc1. The number of para-hydroxylation sites is 1. The molecule has 0 aliphatic rings. The van der Waals surface area contributed by atoms with Gasteiger partial charge in [-0.2, -0.15) is 5.10 Å². The summed E-state index contributed by atoms with van der Waals surface area (Å²) in [7, 11) is 0. The second-order valence-corrected chi connectivity index (χ2v) is 9.85. The molecule has 0 saturated carbocycles. The van der Waals surface area contributed by atoms with Gasteiger partial charge in [0.05, 0.1) is 23.9 Å². The molecule has 0 unspecified atom stereocenters. The number of nitrogens with zero attached hydrogens (tertiary/aromatic N) is 1. The first-order valence-corrected chi connectivity index (χ1v) is 13.5. The lowest BCUT2D eigenvalue weighted by Gasteiger charge is -2.11. The van der Waals surface area contributed by atoms with Crippen LogP contribution in [0.1, 0.15) is 38.9 Å². The Labute approximate surface area is 240 Å². The van der Waals surface area contributed by atoms with Gasteiger partial charge in [0.1, 0.15) is 5.69 Å². The number of hydrazone groups is 1. The first kappa shape index (κ1) is 26.9. The minimum Gasteiger partial charge on any atom is -0.490 e. The number of aryl methyl sites for hydroxylation is 1. The number of H-pyrrole nitrogens is 1. The largest absolute Gasteiger partial charge is 0.490 e. The molecule has 40 heavy (non-hydrogen) atoms. The van der Waals surface area contributed by atoms with E-state index in [0.717, 1.165) is 32.1 Å². The molecule has 1 amide bonds. The maximum atomic E-state index is 13.3. The predicted molar refractivity (Wildman–Crippen MR) is 160 cm³/mol. The van der Waals surface area contributed by atoms with Gasteiger partial charge in [-0.15, -0.1) is 0 Å². The van der Waals surface area contributed by atoms with Crippen LogP contribution >= 0.6 is 15.9 Å². The van der Waals surface area contributed by atoms with Crippen LogP contribution in [0.25, 0.3) is 22.0 Å². The second-order valence-electron chi connectivity index (χ2n) is 9.00. The van der Waals surface area contributed by atoms with Crippen LogP contribution in [0.2, 0.25) is 0 Å². The van der Waals surface area contributed by atoms with Crippen molar-refractivity contribution in [1.82, 2.24) is 10.4 Å². The fourth-order valence-electron chi connectivity index (χ4n) is 4.28. The van der Waals surface area contributed by atoms with Gasteiger partial charge < -0.3 is 14.5 Å². The molecule has 0 aliphatic heterocycles. The van der Waals surface area contributed by atoms with E-state index in [4.69, 9.17) is 9.47 Å². The zero-order valence-electron chi connectivity index (χ0n) is 21.9. The smallest absolute Gasteiger partial charge is 0.343 e. The van der Waals surface area contributed by atoms with Gasteiger partial charge >= 0.3 is 5.97 Å². The Morgan fingerprint density at radius 3 is 2.48 bits per heavy atom. The normalized spacial score (nSPS) is 11.1. The van der Waals surface area contributed by atoms with Gasteiger partial charge in [0.15, 0.2) is 11.5 Å². The van der Waals surface area contributed by atoms with E-state index in [-0.39, 0.29) is 5.91 Å². The number of esters is 1. The van der Waals surface area contributed by atoms with Crippen LogP contribution in [0.5, 0.6) is 11.5 Å². The number of amides is 1. The van der Waals surface area contributed by atoms with Gasteiger partial charge in [-0.25, -0.2) is 10.2 Å². The first-order valence-electron chi connectivity index (χ1n) is 12.7. The zero-order valence-corrected chi connectivity index (χ0v) is 23.5. The average molecular weight is 596 g/mol. The summed E-state index contributed by atoms with van der Waals surface area (Å²) >= 11 is 3.57. The summed E-state index contributed by atoms with van der Waals surface area (Å²) in [4.78, 5) is 29.1. The van der Waals surface area contributed by atoms with Gasteiger partial charge in [-0.3, -0.25) is 4.79 Å². The van der Waals surface area contributed by atoms with Gasteiger partial charge in [-0.1, -0.05) is 60.2 Å².